The maximum Gasteiger partial charge on any atom is 0.124 e. The molecule has 1 fully saturated rings. The summed E-state index contributed by atoms with van der Waals surface area (Å²) in [6, 6.07) is 0.646. The second kappa shape index (κ2) is 3.35. The summed E-state index contributed by atoms with van der Waals surface area (Å²) in [4.78, 5) is 0. The molecule has 0 aliphatic carbocycles. The SMILES string of the molecule is CCCC1NC1OC(C)C. The average Bonchev–Trinajstić information content (AvgIpc) is 2.47. The molecule has 0 radical (unpaired) electrons. The molecule has 0 spiro atoms. The van der Waals surface area contributed by atoms with E-state index in [-0.39, 0.29) is 0 Å². The molecule has 0 aromatic rings. The molecule has 10 heavy (non-hydrogen) atoms. The molecule has 2 unspecified atom stereocenters. The highest BCUT2D eigenvalue weighted by Crippen LogP contribution is 2.18. The first-order chi connectivity index (χ1) is 4.74. The summed E-state index contributed by atoms with van der Waals surface area (Å²) in [7, 11) is 0. The molecular formula is C8H17NO. The molecule has 1 saturated heterocycles. The fourth-order valence-corrected chi connectivity index (χ4v) is 1.13. The van der Waals surface area contributed by atoms with Gasteiger partial charge in [0.25, 0.3) is 0 Å². The lowest BCUT2D eigenvalue weighted by molar-refractivity contribution is 0.0570. The zero-order valence-corrected chi connectivity index (χ0v) is 7.05. The fraction of sp³-hybridized carbons (Fsp3) is 1.00. The van der Waals surface area contributed by atoms with E-state index in [1.807, 2.05) is 0 Å². The second-order valence-corrected chi connectivity index (χ2v) is 3.17. The predicted molar refractivity (Wildman–Crippen MR) is 41.8 cm³/mol. The van der Waals surface area contributed by atoms with Crippen LogP contribution in [0.3, 0.4) is 0 Å². The summed E-state index contributed by atoms with van der Waals surface area (Å²) < 4.78 is 5.52. The monoisotopic (exact) mass is 143 g/mol. The number of hydrogen-bond acceptors (Lipinski definition) is 2. The van der Waals surface area contributed by atoms with Crippen LogP contribution >= 0.6 is 0 Å². The van der Waals surface area contributed by atoms with Crippen molar-refractivity contribution in [3.63, 3.8) is 0 Å². The number of rotatable bonds is 4. The molecule has 2 nitrogen and oxygen atoms in total. The Labute approximate surface area is 63.0 Å². The van der Waals surface area contributed by atoms with E-state index < -0.39 is 0 Å². The number of hydrogen-bond donors (Lipinski definition) is 1. The van der Waals surface area contributed by atoms with Gasteiger partial charge in [-0.1, -0.05) is 13.3 Å². The molecular weight excluding hydrogens is 126 g/mol. The molecule has 0 aromatic heterocycles. The first-order valence-corrected chi connectivity index (χ1v) is 4.15. The molecule has 60 valence electrons. The van der Waals surface area contributed by atoms with Gasteiger partial charge in [-0.3, -0.25) is 5.32 Å². The lowest BCUT2D eigenvalue weighted by Crippen LogP contribution is -2.08. The van der Waals surface area contributed by atoms with E-state index in [9.17, 15) is 0 Å². The summed E-state index contributed by atoms with van der Waals surface area (Å²) >= 11 is 0. The number of nitrogens with one attached hydrogen (secondary N) is 1. The Morgan fingerprint density at radius 2 is 2.20 bits per heavy atom. The largest absolute Gasteiger partial charge is 0.359 e. The summed E-state index contributed by atoms with van der Waals surface area (Å²) in [5, 5.41) is 3.28. The Hall–Kier alpha value is -0.0800. The smallest absolute Gasteiger partial charge is 0.124 e. The van der Waals surface area contributed by atoms with Crippen LogP contribution in [-0.4, -0.2) is 18.4 Å². The molecule has 1 aliphatic heterocycles. The molecule has 1 rings (SSSR count). The van der Waals surface area contributed by atoms with Crippen LogP contribution in [0.1, 0.15) is 33.6 Å². The van der Waals surface area contributed by atoms with Gasteiger partial charge >= 0.3 is 0 Å². The molecule has 2 atom stereocenters. The van der Waals surface area contributed by atoms with Crippen LogP contribution in [0.25, 0.3) is 0 Å². The van der Waals surface area contributed by atoms with E-state index >= 15 is 0 Å². The van der Waals surface area contributed by atoms with Gasteiger partial charge in [0.05, 0.1) is 6.10 Å². The minimum Gasteiger partial charge on any atom is -0.359 e. The van der Waals surface area contributed by atoms with Crippen molar-refractivity contribution in [2.45, 2.75) is 52.0 Å². The lowest BCUT2D eigenvalue weighted by atomic mass is 10.2. The molecule has 0 aromatic carbocycles. The van der Waals surface area contributed by atoms with Gasteiger partial charge < -0.3 is 4.74 Å². The van der Waals surface area contributed by atoms with Crippen molar-refractivity contribution in [1.82, 2.24) is 5.32 Å². The molecule has 2 heteroatoms. The van der Waals surface area contributed by atoms with Gasteiger partial charge in [0.15, 0.2) is 0 Å². The van der Waals surface area contributed by atoms with Crippen LogP contribution in [0, 0.1) is 0 Å². The van der Waals surface area contributed by atoms with Crippen molar-refractivity contribution < 1.29 is 4.74 Å². The Bertz CT molecular complexity index is 103. The second-order valence-electron chi connectivity index (χ2n) is 3.17. The van der Waals surface area contributed by atoms with Gasteiger partial charge in [0.1, 0.15) is 6.23 Å². The van der Waals surface area contributed by atoms with Gasteiger partial charge in [-0.25, -0.2) is 0 Å². The van der Waals surface area contributed by atoms with Crippen molar-refractivity contribution in [3.8, 4) is 0 Å². The minimum absolute atomic E-state index is 0.361. The van der Waals surface area contributed by atoms with E-state index in [0.717, 1.165) is 0 Å². The Morgan fingerprint density at radius 1 is 1.50 bits per heavy atom. The average molecular weight is 143 g/mol. The van der Waals surface area contributed by atoms with Gasteiger partial charge in [-0.05, 0) is 20.3 Å². The molecule has 1 N–H and O–H groups in total. The van der Waals surface area contributed by atoms with E-state index in [2.05, 4.69) is 26.1 Å². The predicted octanol–water partition coefficient (Wildman–Crippen LogP) is 1.51. The minimum atomic E-state index is 0.361. The summed E-state index contributed by atoms with van der Waals surface area (Å²) in [5.41, 5.74) is 0. The Kier molecular flexibility index (Phi) is 2.69. The van der Waals surface area contributed by atoms with Crippen LogP contribution in [-0.2, 0) is 4.74 Å². The van der Waals surface area contributed by atoms with E-state index in [0.29, 0.717) is 18.4 Å². The topological polar surface area (TPSA) is 31.2 Å². The lowest BCUT2D eigenvalue weighted by Gasteiger charge is -2.03. The first-order valence-electron chi connectivity index (χ1n) is 4.15. The van der Waals surface area contributed by atoms with Crippen molar-refractivity contribution in [3.05, 3.63) is 0 Å². The Morgan fingerprint density at radius 3 is 2.70 bits per heavy atom. The molecule has 1 heterocycles. The van der Waals surface area contributed by atoms with Crippen LogP contribution in [0.4, 0.5) is 0 Å². The van der Waals surface area contributed by atoms with Crippen molar-refractivity contribution in [2.24, 2.45) is 0 Å². The van der Waals surface area contributed by atoms with Crippen LogP contribution in [0.15, 0.2) is 0 Å². The van der Waals surface area contributed by atoms with Gasteiger partial charge in [0, 0.05) is 6.04 Å². The van der Waals surface area contributed by atoms with Crippen molar-refractivity contribution >= 4 is 0 Å². The Balaban J connectivity index is 2.02. The van der Waals surface area contributed by atoms with Gasteiger partial charge in [0.2, 0.25) is 0 Å². The summed E-state index contributed by atoms with van der Waals surface area (Å²) in [5.74, 6) is 0. The third-order valence-electron chi connectivity index (χ3n) is 1.65. The molecule has 1 aliphatic rings. The van der Waals surface area contributed by atoms with Crippen molar-refractivity contribution in [1.29, 1.82) is 0 Å². The normalized spacial score (nSPS) is 31.2. The van der Waals surface area contributed by atoms with Crippen LogP contribution in [0.5, 0.6) is 0 Å². The quantitative estimate of drug-likeness (QED) is 0.605. The third kappa shape index (κ3) is 2.27. The fourth-order valence-electron chi connectivity index (χ4n) is 1.13. The highest BCUT2D eigenvalue weighted by atomic mass is 16.5. The maximum absolute atomic E-state index is 5.52. The van der Waals surface area contributed by atoms with E-state index in [1.165, 1.54) is 12.8 Å². The standard InChI is InChI=1S/C8H17NO/c1-4-5-7-8(9-7)10-6(2)3/h6-9H,4-5H2,1-3H3. The zero-order valence-electron chi connectivity index (χ0n) is 7.05. The molecule has 0 saturated carbocycles. The van der Waals surface area contributed by atoms with Crippen molar-refractivity contribution in [2.75, 3.05) is 0 Å². The van der Waals surface area contributed by atoms with Crippen LogP contribution < -0.4 is 5.32 Å². The third-order valence-corrected chi connectivity index (χ3v) is 1.65. The van der Waals surface area contributed by atoms with Gasteiger partial charge in [-0.15, -0.1) is 0 Å². The highest BCUT2D eigenvalue weighted by molar-refractivity contribution is 4.90. The molecule has 0 bridgehead atoms. The van der Waals surface area contributed by atoms with E-state index in [1.54, 1.807) is 0 Å². The highest BCUT2D eigenvalue weighted by Gasteiger charge is 2.36. The van der Waals surface area contributed by atoms with Crippen LogP contribution in [0.2, 0.25) is 0 Å². The zero-order chi connectivity index (χ0) is 7.56. The maximum atomic E-state index is 5.52. The first kappa shape index (κ1) is 8.02. The molecule has 0 amide bonds. The summed E-state index contributed by atoms with van der Waals surface area (Å²) in [6.07, 6.45) is 3.21. The van der Waals surface area contributed by atoms with E-state index in [4.69, 9.17) is 4.74 Å². The summed E-state index contributed by atoms with van der Waals surface area (Å²) in [6.45, 7) is 6.35. The number of ether oxygens (including phenoxy) is 1. The van der Waals surface area contributed by atoms with Gasteiger partial charge in [-0.2, -0.15) is 0 Å².